The van der Waals surface area contributed by atoms with Crippen LogP contribution in [0.5, 0.6) is 0 Å². The van der Waals surface area contributed by atoms with Crippen molar-refractivity contribution in [2.45, 2.75) is 13.5 Å². The normalized spacial score (nSPS) is 18.9. The molecule has 1 N–H and O–H groups in total. The van der Waals surface area contributed by atoms with Gasteiger partial charge in [-0.25, -0.2) is 4.79 Å². The van der Waals surface area contributed by atoms with Crippen LogP contribution in [0.3, 0.4) is 0 Å². The lowest BCUT2D eigenvalue weighted by atomic mass is 9.89. The number of hydrogen-bond donors (Lipinski definition) is 1. The van der Waals surface area contributed by atoms with Crippen LogP contribution < -0.4 is 0 Å². The number of aromatic carboxylic acids is 1. The molecule has 1 aliphatic rings. The molecular formula is C8H11N3O3. The van der Waals surface area contributed by atoms with Gasteiger partial charge in [0.05, 0.1) is 26.0 Å². The summed E-state index contributed by atoms with van der Waals surface area (Å²) in [6.45, 7) is 4.09. The fourth-order valence-corrected chi connectivity index (χ4v) is 1.41. The van der Waals surface area contributed by atoms with Crippen LogP contribution in [0.2, 0.25) is 0 Å². The van der Waals surface area contributed by atoms with Gasteiger partial charge in [-0.1, -0.05) is 12.1 Å². The van der Waals surface area contributed by atoms with Crippen molar-refractivity contribution < 1.29 is 14.6 Å². The molecule has 6 nitrogen and oxygen atoms in total. The summed E-state index contributed by atoms with van der Waals surface area (Å²) < 4.78 is 6.63. The molecule has 0 unspecified atom stereocenters. The first-order chi connectivity index (χ1) is 6.59. The molecule has 1 aliphatic heterocycles. The third kappa shape index (κ3) is 1.60. The molecule has 76 valence electrons. The molecular weight excluding hydrogens is 186 g/mol. The highest BCUT2D eigenvalue weighted by atomic mass is 16.5. The van der Waals surface area contributed by atoms with Crippen LogP contribution in [0.4, 0.5) is 0 Å². The minimum Gasteiger partial charge on any atom is -0.476 e. The van der Waals surface area contributed by atoms with E-state index in [1.165, 1.54) is 6.20 Å². The molecule has 1 aromatic heterocycles. The lowest BCUT2D eigenvalue weighted by Gasteiger charge is -2.37. The Labute approximate surface area is 80.5 Å². The lowest BCUT2D eigenvalue weighted by molar-refractivity contribution is -0.111. The van der Waals surface area contributed by atoms with E-state index in [1.807, 2.05) is 0 Å². The van der Waals surface area contributed by atoms with Crippen LogP contribution in [0.15, 0.2) is 6.20 Å². The van der Waals surface area contributed by atoms with Crippen LogP contribution in [-0.4, -0.2) is 39.3 Å². The minimum absolute atomic E-state index is 0.0196. The Morgan fingerprint density at radius 1 is 1.79 bits per heavy atom. The number of carboxylic acids is 1. The Hall–Kier alpha value is -1.43. The molecule has 0 aromatic carbocycles. The highest BCUT2D eigenvalue weighted by molar-refractivity contribution is 5.84. The first-order valence-electron chi connectivity index (χ1n) is 4.30. The summed E-state index contributed by atoms with van der Waals surface area (Å²) in [5.41, 5.74) is 0.0533. The molecule has 0 amide bonds. The van der Waals surface area contributed by atoms with Crippen molar-refractivity contribution in [3.8, 4) is 0 Å². The summed E-state index contributed by atoms with van der Waals surface area (Å²) in [5.74, 6) is -1.05. The minimum atomic E-state index is -1.05. The molecule has 0 saturated carbocycles. The number of carboxylic acid groups (broad SMARTS) is 1. The van der Waals surface area contributed by atoms with Crippen LogP contribution in [-0.2, 0) is 11.3 Å². The van der Waals surface area contributed by atoms with E-state index in [-0.39, 0.29) is 11.1 Å². The van der Waals surface area contributed by atoms with Gasteiger partial charge >= 0.3 is 5.97 Å². The van der Waals surface area contributed by atoms with E-state index in [1.54, 1.807) is 4.68 Å². The number of nitrogens with zero attached hydrogens (tertiary/aromatic N) is 3. The average Bonchev–Trinajstić information content (AvgIpc) is 2.50. The second-order valence-electron chi connectivity index (χ2n) is 3.91. The van der Waals surface area contributed by atoms with E-state index in [4.69, 9.17) is 9.84 Å². The van der Waals surface area contributed by atoms with Gasteiger partial charge < -0.3 is 9.84 Å². The highest BCUT2D eigenvalue weighted by Crippen LogP contribution is 2.27. The molecule has 0 bridgehead atoms. The van der Waals surface area contributed by atoms with Crippen LogP contribution in [0, 0.1) is 5.41 Å². The molecule has 0 spiro atoms. The van der Waals surface area contributed by atoms with Crippen molar-refractivity contribution >= 4 is 5.97 Å². The molecule has 1 saturated heterocycles. The molecule has 0 radical (unpaired) electrons. The maximum atomic E-state index is 10.5. The Bertz CT molecular complexity index is 356. The monoisotopic (exact) mass is 197 g/mol. The summed E-state index contributed by atoms with van der Waals surface area (Å²) in [5, 5.41) is 15.9. The zero-order valence-corrected chi connectivity index (χ0v) is 7.80. The van der Waals surface area contributed by atoms with E-state index in [0.29, 0.717) is 19.8 Å². The number of carbonyl (C=O) groups is 1. The van der Waals surface area contributed by atoms with E-state index in [2.05, 4.69) is 17.2 Å². The van der Waals surface area contributed by atoms with Crippen molar-refractivity contribution in [3.63, 3.8) is 0 Å². The van der Waals surface area contributed by atoms with Crippen molar-refractivity contribution in [1.29, 1.82) is 0 Å². The summed E-state index contributed by atoms with van der Waals surface area (Å²) in [6, 6.07) is 0. The van der Waals surface area contributed by atoms with E-state index in [0.717, 1.165) is 0 Å². The largest absolute Gasteiger partial charge is 0.476 e. The second kappa shape index (κ2) is 3.06. The van der Waals surface area contributed by atoms with Crippen molar-refractivity contribution in [2.75, 3.05) is 13.2 Å². The maximum absolute atomic E-state index is 10.5. The van der Waals surface area contributed by atoms with Crippen LogP contribution >= 0.6 is 0 Å². The van der Waals surface area contributed by atoms with Gasteiger partial charge in [0, 0.05) is 5.41 Å². The zero-order valence-electron chi connectivity index (χ0n) is 7.80. The fraction of sp³-hybridized carbons (Fsp3) is 0.625. The second-order valence-corrected chi connectivity index (χ2v) is 3.91. The first kappa shape index (κ1) is 9.14. The number of aromatic nitrogens is 3. The number of ether oxygens (including phenoxy) is 1. The maximum Gasteiger partial charge on any atom is 0.358 e. The number of rotatable bonds is 3. The zero-order chi connectivity index (χ0) is 10.2. The van der Waals surface area contributed by atoms with Crippen LogP contribution in [0.1, 0.15) is 17.4 Å². The van der Waals surface area contributed by atoms with Crippen LogP contribution in [0.25, 0.3) is 0 Å². The molecule has 1 aromatic rings. The Morgan fingerprint density at radius 2 is 2.50 bits per heavy atom. The summed E-state index contributed by atoms with van der Waals surface area (Å²) in [6.07, 6.45) is 1.44. The Kier molecular flexibility index (Phi) is 1.99. The van der Waals surface area contributed by atoms with Gasteiger partial charge in [-0.3, -0.25) is 4.68 Å². The molecule has 0 atom stereocenters. The third-order valence-corrected chi connectivity index (χ3v) is 2.20. The van der Waals surface area contributed by atoms with Gasteiger partial charge in [0.1, 0.15) is 0 Å². The predicted octanol–water partition coefficient (Wildman–Crippen LogP) is 0.0128. The fourth-order valence-electron chi connectivity index (χ4n) is 1.41. The summed E-state index contributed by atoms with van der Waals surface area (Å²) in [7, 11) is 0. The van der Waals surface area contributed by atoms with Crippen molar-refractivity contribution in [1.82, 2.24) is 15.0 Å². The molecule has 2 heterocycles. The molecule has 1 fully saturated rings. The summed E-state index contributed by atoms with van der Waals surface area (Å²) >= 11 is 0. The highest BCUT2D eigenvalue weighted by Gasteiger charge is 2.34. The smallest absolute Gasteiger partial charge is 0.358 e. The first-order valence-corrected chi connectivity index (χ1v) is 4.30. The quantitative estimate of drug-likeness (QED) is 0.738. The Morgan fingerprint density at radius 3 is 2.93 bits per heavy atom. The van der Waals surface area contributed by atoms with Crippen molar-refractivity contribution in [3.05, 3.63) is 11.9 Å². The number of hydrogen-bond acceptors (Lipinski definition) is 4. The Balaban J connectivity index is 2.06. The molecule has 14 heavy (non-hydrogen) atoms. The van der Waals surface area contributed by atoms with Gasteiger partial charge in [-0.15, -0.1) is 5.10 Å². The molecule has 2 rings (SSSR count). The predicted molar refractivity (Wildman–Crippen MR) is 45.9 cm³/mol. The van der Waals surface area contributed by atoms with Gasteiger partial charge in [-0.05, 0) is 0 Å². The summed E-state index contributed by atoms with van der Waals surface area (Å²) in [4.78, 5) is 10.5. The van der Waals surface area contributed by atoms with E-state index >= 15 is 0 Å². The van der Waals surface area contributed by atoms with E-state index in [9.17, 15) is 4.79 Å². The topological polar surface area (TPSA) is 77.2 Å². The SMILES string of the molecule is CC1(Cn2cc(C(=O)O)nn2)COC1. The standard InChI is InChI=1S/C8H11N3O3/c1-8(4-14-5-8)3-11-2-6(7(12)13)9-10-11/h2H,3-5H2,1H3,(H,12,13). The van der Waals surface area contributed by atoms with Gasteiger partial charge in [0.25, 0.3) is 0 Å². The van der Waals surface area contributed by atoms with Gasteiger partial charge in [0.2, 0.25) is 0 Å². The third-order valence-electron chi connectivity index (χ3n) is 2.20. The van der Waals surface area contributed by atoms with Gasteiger partial charge in [-0.2, -0.15) is 0 Å². The lowest BCUT2D eigenvalue weighted by Crippen LogP contribution is -2.43. The molecule has 6 heteroatoms. The van der Waals surface area contributed by atoms with E-state index < -0.39 is 5.97 Å². The van der Waals surface area contributed by atoms with Gasteiger partial charge in [0.15, 0.2) is 5.69 Å². The molecule has 0 aliphatic carbocycles. The average molecular weight is 197 g/mol. The van der Waals surface area contributed by atoms with Crippen molar-refractivity contribution in [2.24, 2.45) is 5.41 Å².